The maximum Gasteiger partial charge on any atom is 0.312 e. The van der Waals surface area contributed by atoms with Gasteiger partial charge >= 0.3 is 5.69 Å². The molecule has 0 atom stereocenters. The standard InChI is InChI=1S/C16H16BrFN2O5S/c1-3-19(4-2)26(23,24)12-6-8-16(14(10-12)20(21)22)25-15-7-5-11(17)9-13(15)18/h5-10H,3-4H2,1-2H3. The summed E-state index contributed by atoms with van der Waals surface area (Å²) < 4.78 is 45.9. The zero-order valence-corrected chi connectivity index (χ0v) is 16.4. The number of nitro benzene ring substituents is 1. The van der Waals surface area contributed by atoms with Crippen LogP contribution in [-0.2, 0) is 10.0 Å². The third-order valence-electron chi connectivity index (χ3n) is 3.58. The average molecular weight is 447 g/mol. The van der Waals surface area contributed by atoms with Gasteiger partial charge < -0.3 is 4.74 Å². The lowest BCUT2D eigenvalue weighted by molar-refractivity contribution is -0.385. The number of nitrogens with zero attached hydrogens (tertiary/aromatic N) is 2. The molecule has 0 bridgehead atoms. The summed E-state index contributed by atoms with van der Waals surface area (Å²) in [4.78, 5) is 10.4. The number of nitro groups is 1. The molecule has 0 heterocycles. The van der Waals surface area contributed by atoms with Crippen LogP contribution in [-0.4, -0.2) is 30.7 Å². The zero-order valence-electron chi connectivity index (χ0n) is 14.0. The SMILES string of the molecule is CCN(CC)S(=O)(=O)c1ccc(Oc2ccc(Br)cc2F)c([N+](=O)[O-])c1. The molecule has 0 fully saturated rings. The van der Waals surface area contributed by atoms with Crippen LogP contribution in [0.1, 0.15) is 13.8 Å². The van der Waals surface area contributed by atoms with Gasteiger partial charge in [-0.25, -0.2) is 12.8 Å². The van der Waals surface area contributed by atoms with Gasteiger partial charge in [-0.1, -0.05) is 29.8 Å². The van der Waals surface area contributed by atoms with Crippen LogP contribution in [0.2, 0.25) is 0 Å². The monoisotopic (exact) mass is 446 g/mol. The second-order valence-corrected chi connectivity index (χ2v) is 8.01. The average Bonchev–Trinajstić information content (AvgIpc) is 2.58. The van der Waals surface area contributed by atoms with Gasteiger partial charge in [0.05, 0.1) is 9.82 Å². The molecule has 2 aromatic rings. The number of benzene rings is 2. The minimum atomic E-state index is -3.87. The first kappa shape index (κ1) is 20.3. The molecule has 0 N–H and O–H groups in total. The predicted molar refractivity (Wildman–Crippen MR) is 97.4 cm³/mol. The molecule has 0 saturated heterocycles. The van der Waals surface area contributed by atoms with Gasteiger partial charge in [0.2, 0.25) is 15.8 Å². The van der Waals surface area contributed by atoms with Gasteiger partial charge in [0.1, 0.15) is 0 Å². The van der Waals surface area contributed by atoms with E-state index < -0.39 is 26.5 Å². The molecule has 0 spiro atoms. The summed E-state index contributed by atoms with van der Waals surface area (Å²) >= 11 is 3.10. The summed E-state index contributed by atoms with van der Waals surface area (Å²) in [6.07, 6.45) is 0. The maximum atomic E-state index is 13.9. The molecule has 0 saturated carbocycles. The van der Waals surface area contributed by atoms with Crippen LogP contribution in [0, 0.1) is 15.9 Å². The second-order valence-electron chi connectivity index (χ2n) is 5.15. The van der Waals surface area contributed by atoms with E-state index in [-0.39, 0.29) is 29.5 Å². The smallest absolute Gasteiger partial charge is 0.312 e. The van der Waals surface area contributed by atoms with E-state index in [1.165, 1.54) is 22.5 Å². The summed E-state index contributed by atoms with van der Waals surface area (Å²) in [5.41, 5.74) is -0.569. The minimum absolute atomic E-state index is 0.212. The van der Waals surface area contributed by atoms with Crippen molar-refractivity contribution in [3.63, 3.8) is 0 Å². The van der Waals surface area contributed by atoms with Crippen LogP contribution in [0.4, 0.5) is 10.1 Å². The highest BCUT2D eigenvalue weighted by Crippen LogP contribution is 2.35. The Balaban J connectivity index is 2.48. The van der Waals surface area contributed by atoms with Crippen LogP contribution in [0.5, 0.6) is 11.5 Å². The molecule has 7 nitrogen and oxygen atoms in total. The van der Waals surface area contributed by atoms with Gasteiger partial charge in [-0.15, -0.1) is 0 Å². The number of ether oxygens (including phenoxy) is 1. The Labute approximate surface area is 158 Å². The summed E-state index contributed by atoms with van der Waals surface area (Å²) in [5.74, 6) is -1.18. The molecule has 0 aliphatic carbocycles. The van der Waals surface area contributed by atoms with Gasteiger partial charge in [-0.3, -0.25) is 10.1 Å². The quantitative estimate of drug-likeness (QED) is 0.466. The fraction of sp³-hybridized carbons (Fsp3) is 0.250. The van der Waals surface area contributed by atoms with E-state index in [0.29, 0.717) is 4.47 Å². The number of hydrogen-bond donors (Lipinski definition) is 0. The van der Waals surface area contributed by atoms with Crippen LogP contribution in [0.25, 0.3) is 0 Å². The van der Waals surface area contributed by atoms with E-state index in [0.717, 1.165) is 18.2 Å². The van der Waals surface area contributed by atoms with Crippen LogP contribution < -0.4 is 4.74 Å². The molecule has 10 heteroatoms. The van der Waals surface area contributed by atoms with Gasteiger partial charge in [0.25, 0.3) is 0 Å². The first-order chi connectivity index (χ1) is 12.2. The van der Waals surface area contributed by atoms with Crippen molar-refractivity contribution in [3.05, 3.63) is 56.8 Å². The first-order valence-corrected chi connectivity index (χ1v) is 9.85. The van der Waals surface area contributed by atoms with E-state index >= 15 is 0 Å². The van der Waals surface area contributed by atoms with Crippen molar-refractivity contribution >= 4 is 31.6 Å². The molecular weight excluding hydrogens is 431 g/mol. The summed E-state index contributed by atoms with van der Waals surface area (Å²) in [6, 6.07) is 7.25. The summed E-state index contributed by atoms with van der Waals surface area (Å²) in [6.45, 7) is 3.80. The molecule has 140 valence electrons. The van der Waals surface area contributed by atoms with Crippen molar-refractivity contribution in [2.24, 2.45) is 0 Å². The summed E-state index contributed by atoms with van der Waals surface area (Å²) in [7, 11) is -3.87. The van der Waals surface area contributed by atoms with E-state index in [1.807, 2.05) is 0 Å². The third-order valence-corrected chi connectivity index (χ3v) is 6.12. The molecule has 0 aromatic heterocycles. The Morgan fingerprint density at radius 1 is 1.15 bits per heavy atom. The Kier molecular flexibility index (Phi) is 6.32. The van der Waals surface area contributed by atoms with Gasteiger partial charge in [0, 0.05) is 23.6 Å². The van der Waals surface area contributed by atoms with Crippen LogP contribution in [0.15, 0.2) is 45.8 Å². The zero-order chi connectivity index (χ0) is 19.5. The van der Waals surface area contributed by atoms with Crippen molar-refractivity contribution in [1.29, 1.82) is 0 Å². The van der Waals surface area contributed by atoms with E-state index in [9.17, 15) is 22.9 Å². The molecule has 0 unspecified atom stereocenters. The van der Waals surface area contributed by atoms with Gasteiger partial charge in [-0.05, 0) is 30.3 Å². The van der Waals surface area contributed by atoms with Gasteiger partial charge in [0.15, 0.2) is 11.6 Å². The fourth-order valence-corrected chi connectivity index (χ4v) is 4.09. The van der Waals surface area contributed by atoms with Crippen LogP contribution in [0.3, 0.4) is 0 Å². The van der Waals surface area contributed by atoms with E-state index in [4.69, 9.17) is 4.74 Å². The molecule has 0 aliphatic rings. The Morgan fingerprint density at radius 3 is 2.31 bits per heavy atom. The second kappa shape index (κ2) is 8.11. The summed E-state index contributed by atoms with van der Waals surface area (Å²) in [5, 5.41) is 11.4. The van der Waals surface area contributed by atoms with Crippen molar-refractivity contribution < 1.29 is 22.5 Å². The number of halogens is 2. The maximum absolute atomic E-state index is 13.9. The normalized spacial score (nSPS) is 11.6. The lowest BCUT2D eigenvalue weighted by Gasteiger charge is -2.18. The highest BCUT2D eigenvalue weighted by molar-refractivity contribution is 9.10. The topological polar surface area (TPSA) is 89.8 Å². The Hall–Kier alpha value is -2.04. The van der Waals surface area contributed by atoms with Gasteiger partial charge in [-0.2, -0.15) is 4.31 Å². The van der Waals surface area contributed by atoms with E-state index in [2.05, 4.69) is 15.9 Å². The van der Waals surface area contributed by atoms with E-state index in [1.54, 1.807) is 13.8 Å². The third kappa shape index (κ3) is 4.19. The molecule has 2 rings (SSSR count). The number of rotatable bonds is 7. The highest BCUT2D eigenvalue weighted by atomic mass is 79.9. The molecule has 26 heavy (non-hydrogen) atoms. The lowest BCUT2D eigenvalue weighted by Crippen LogP contribution is -2.30. The molecule has 0 amide bonds. The Bertz CT molecular complexity index is 932. The van der Waals surface area contributed by atoms with Crippen molar-refractivity contribution in [2.75, 3.05) is 13.1 Å². The number of hydrogen-bond acceptors (Lipinski definition) is 5. The van der Waals surface area contributed by atoms with Crippen molar-refractivity contribution in [3.8, 4) is 11.5 Å². The fourth-order valence-electron chi connectivity index (χ4n) is 2.28. The van der Waals surface area contributed by atoms with Crippen molar-refractivity contribution in [1.82, 2.24) is 4.31 Å². The van der Waals surface area contributed by atoms with Crippen LogP contribution >= 0.6 is 15.9 Å². The molecule has 2 aromatic carbocycles. The lowest BCUT2D eigenvalue weighted by atomic mass is 10.3. The van der Waals surface area contributed by atoms with Crippen molar-refractivity contribution in [2.45, 2.75) is 18.7 Å². The predicted octanol–water partition coefficient (Wildman–Crippen LogP) is 4.32. The first-order valence-electron chi connectivity index (χ1n) is 7.62. The molecular formula is C16H16BrFN2O5S. The molecule has 0 radical (unpaired) electrons. The highest BCUT2D eigenvalue weighted by Gasteiger charge is 2.26. The molecule has 0 aliphatic heterocycles. The largest absolute Gasteiger partial charge is 0.447 e. The number of sulfonamides is 1. The minimum Gasteiger partial charge on any atom is -0.447 e. The Morgan fingerprint density at radius 2 is 1.77 bits per heavy atom.